The van der Waals surface area contributed by atoms with E-state index < -0.39 is 6.04 Å². The van der Waals surface area contributed by atoms with Gasteiger partial charge >= 0.3 is 0 Å². The predicted octanol–water partition coefficient (Wildman–Crippen LogP) is 13.2. The monoisotopic (exact) mass is 1270 g/mol. The van der Waals surface area contributed by atoms with Gasteiger partial charge in [0.1, 0.15) is 37.7 Å². The summed E-state index contributed by atoms with van der Waals surface area (Å²) in [5.41, 5.74) is 1.04. The number of amides is 2. The third kappa shape index (κ3) is 79.9. The van der Waals surface area contributed by atoms with Crippen molar-refractivity contribution in [3.05, 3.63) is 35.9 Å². The molecule has 1 saturated heterocycles. The van der Waals surface area contributed by atoms with E-state index in [4.69, 9.17) is 14.6 Å². The van der Waals surface area contributed by atoms with Crippen LogP contribution in [0.4, 0.5) is 0 Å². The first-order valence-electron chi connectivity index (χ1n) is 33.4. The number of unbranched alkanes of at least 4 members (excludes halogenated alkanes) is 5. The molecule has 0 bridgehead atoms. The van der Waals surface area contributed by atoms with Crippen molar-refractivity contribution in [2.24, 2.45) is 29.6 Å². The molecule has 1 aromatic carbocycles. The summed E-state index contributed by atoms with van der Waals surface area (Å²) < 4.78 is 10.9. The second-order valence-electron chi connectivity index (χ2n) is 23.5. The van der Waals surface area contributed by atoms with Crippen LogP contribution in [0.5, 0.6) is 0 Å². The number of methoxy groups -OCH3 is 2. The average Bonchev–Trinajstić information content (AvgIpc) is 3.00. The highest BCUT2D eigenvalue weighted by atomic mass is 16.5. The van der Waals surface area contributed by atoms with Gasteiger partial charge in [-0.2, -0.15) is 0 Å². The van der Waals surface area contributed by atoms with Crippen molar-refractivity contribution in [2.45, 2.75) is 270 Å². The Labute approximate surface area is 550 Å². The summed E-state index contributed by atoms with van der Waals surface area (Å²) in [6, 6.07) is 10.9. The average molecular weight is 1270 g/mol. The lowest BCUT2D eigenvalue weighted by Gasteiger charge is -2.34. The Morgan fingerprint density at radius 3 is 1.43 bits per heavy atom. The molecule has 0 aliphatic carbocycles. The minimum Gasteiger partial charge on any atom is -0.400 e. The number of likely N-dealkylation sites (tertiary alicyclic amines) is 1. The van der Waals surface area contributed by atoms with Crippen LogP contribution in [0.3, 0.4) is 0 Å². The number of ether oxygens (including phenoxy) is 2. The highest BCUT2D eigenvalue weighted by molar-refractivity contribution is 5.64. The second-order valence-corrected chi connectivity index (χ2v) is 23.5. The van der Waals surface area contributed by atoms with E-state index in [0.717, 1.165) is 101 Å². The molecule has 17 nitrogen and oxygen atoms in total. The van der Waals surface area contributed by atoms with Crippen LogP contribution in [0.25, 0.3) is 0 Å². The molecule has 0 aromatic heterocycles. The van der Waals surface area contributed by atoms with E-state index in [1.807, 2.05) is 112 Å². The van der Waals surface area contributed by atoms with Gasteiger partial charge in [0.15, 0.2) is 0 Å². The first-order valence-corrected chi connectivity index (χ1v) is 33.4. The third-order valence-electron chi connectivity index (χ3n) is 13.4. The van der Waals surface area contributed by atoms with Gasteiger partial charge in [-0.15, -0.1) is 0 Å². The van der Waals surface area contributed by atoms with Gasteiger partial charge in [0.2, 0.25) is 12.8 Å². The van der Waals surface area contributed by atoms with Gasteiger partial charge < -0.3 is 63.8 Å². The maximum Gasteiger partial charge on any atom is 0.209 e. The molecule has 0 saturated carbocycles. The van der Waals surface area contributed by atoms with Gasteiger partial charge in [-0.3, -0.25) is 19.4 Å². The number of carbonyl (C=O) groups is 8. The molecule has 0 radical (unpaired) electrons. The van der Waals surface area contributed by atoms with Crippen LogP contribution >= 0.6 is 0 Å². The lowest BCUT2D eigenvalue weighted by molar-refractivity contribution is -0.117. The van der Waals surface area contributed by atoms with Crippen LogP contribution in [-0.2, 0) is 54.3 Å². The number of hydrogen-bond donors (Lipinski definition) is 3. The molecular formula is C72H148N6O11. The topological polar surface area (TPSA) is 212 Å². The first kappa shape index (κ1) is 107. The van der Waals surface area contributed by atoms with Gasteiger partial charge in [-0.25, -0.2) is 0 Å². The molecule has 3 N–H and O–H groups in total. The largest absolute Gasteiger partial charge is 0.400 e. The number of nitrogens with zero attached hydrogens (tertiary/aromatic N) is 4. The van der Waals surface area contributed by atoms with E-state index in [9.17, 15) is 38.4 Å². The molecule has 89 heavy (non-hydrogen) atoms. The summed E-state index contributed by atoms with van der Waals surface area (Å²) in [7, 11) is 18.1. The molecule has 1 heterocycles. The fourth-order valence-corrected chi connectivity index (χ4v) is 8.02. The van der Waals surface area contributed by atoms with E-state index in [-0.39, 0.29) is 12.1 Å². The maximum absolute atomic E-state index is 10.5. The highest BCUT2D eigenvalue weighted by Crippen LogP contribution is 2.28. The number of carbonyl (C=O) groups excluding carboxylic acids is 8. The fraction of sp³-hybridized carbons (Fsp3) is 0.806. The Balaban J connectivity index is -0.0000000994. The highest BCUT2D eigenvalue weighted by Gasteiger charge is 2.35. The second kappa shape index (κ2) is 86.0. The van der Waals surface area contributed by atoms with Crippen LogP contribution < -0.4 is 10.6 Å². The lowest BCUT2D eigenvalue weighted by atomic mass is 9.92. The zero-order valence-corrected chi connectivity index (χ0v) is 63.0. The van der Waals surface area contributed by atoms with Crippen LogP contribution in [0, 0.1) is 29.6 Å². The number of aldehydes is 6. The molecule has 2 rings (SSSR count). The van der Waals surface area contributed by atoms with Crippen molar-refractivity contribution in [3.8, 4) is 0 Å². The number of likely N-dealkylation sites (N-methyl/N-ethyl adjacent to an activating group) is 4. The smallest absolute Gasteiger partial charge is 0.209 e. The number of benzene rings is 1. The summed E-state index contributed by atoms with van der Waals surface area (Å²) in [5, 5.41) is 12.1. The summed E-state index contributed by atoms with van der Waals surface area (Å²) in [5.74, 6) is 3.00. The lowest BCUT2D eigenvalue weighted by Crippen LogP contribution is -2.44. The Kier molecular flexibility index (Phi) is 103. The normalized spacial score (nSPS) is 14.4. The molecule has 8 unspecified atom stereocenters. The molecule has 1 aliphatic rings. The maximum atomic E-state index is 10.5. The Morgan fingerprint density at radius 2 is 1.18 bits per heavy atom. The van der Waals surface area contributed by atoms with Crippen LogP contribution in [0.1, 0.15) is 227 Å². The Morgan fingerprint density at radius 1 is 0.652 bits per heavy atom. The van der Waals surface area contributed by atoms with Gasteiger partial charge in [-0.1, -0.05) is 199 Å². The molecule has 1 aromatic rings. The third-order valence-corrected chi connectivity index (χ3v) is 13.4. The van der Waals surface area contributed by atoms with E-state index in [0.29, 0.717) is 80.5 Å². The SMILES string of the molecule is CC.CC(C)C(C=O)N(C)C.CC(C)CC=O.CCC.CCC(C)C(C(CC=O)OC)N(C)C.CCCC.CCCCC(C)C.CN(C=O)CCCCCC=O.CNCC=O.CO.COC(C(C)C)C1CCC(C)N1C.O=CNC(C=O)Cc1ccccc1. The van der Waals surface area contributed by atoms with Crippen molar-refractivity contribution >= 4 is 50.5 Å². The van der Waals surface area contributed by atoms with Crippen LogP contribution in [0.15, 0.2) is 30.3 Å². The molecule has 0 spiro atoms. The van der Waals surface area contributed by atoms with Gasteiger partial charge in [-0.05, 0) is 116 Å². The number of nitrogens with one attached hydrogen (secondary N) is 2. The van der Waals surface area contributed by atoms with Gasteiger partial charge in [0, 0.05) is 72.3 Å². The van der Waals surface area contributed by atoms with E-state index in [1.165, 1.54) is 51.4 Å². The summed E-state index contributed by atoms with van der Waals surface area (Å²) in [4.78, 5) is 88.5. The number of hydrogen-bond acceptors (Lipinski definition) is 15. The molecule has 1 aliphatic heterocycles. The quantitative estimate of drug-likeness (QED) is 0.0441. The summed E-state index contributed by atoms with van der Waals surface area (Å²) in [6.07, 6.45) is 24.2. The molecule has 1 fully saturated rings. The summed E-state index contributed by atoms with van der Waals surface area (Å²) >= 11 is 0. The van der Waals surface area contributed by atoms with Crippen molar-refractivity contribution in [3.63, 3.8) is 0 Å². The van der Waals surface area contributed by atoms with Crippen LogP contribution in [0.2, 0.25) is 0 Å². The van der Waals surface area contributed by atoms with Crippen molar-refractivity contribution in [2.75, 3.05) is 83.8 Å². The molecular weight excluding hydrogens is 1120 g/mol. The fourth-order valence-electron chi connectivity index (χ4n) is 8.02. The van der Waals surface area contributed by atoms with Crippen molar-refractivity contribution in [1.82, 2.24) is 30.2 Å². The van der Waals surface area contributed by atoms with Crippen LogP contribution in [-0.4, -0.2) is 201 Å². The zero-order valence-electron chi connectivity index (χ0n) is 63.0. The van der Waals surface area contributed by atoms with E-state index in [1.54, 1.807) is 26.1 Å². The van der Waals surface area contributed by atoms with E-state index >= 15 is 0 Å². The molecule has 2 amide bonds. The Bertz CT molecular complexity index is 1550. The number of aliphatic hydroxyl groups excluding tert-OH is 1. The van der Waals surface area contributed by atoms with Gasteiger partial charge in [0.05, 0.1) is 30.8 Å². The predicted molar refractivity (Wildman–Crippen MR) is 381 cm³/mol. The number of aliphatic hydroxyl groups is 1. The number of rotatable bonds is 33. The molecule has 532 valence electrons. The van der Waals surface area contributed by atoms with E-state index in [2.05, 4.69) is 111 Å². The van der Waals surface area contributed by atoms with Crippen molar-refractivity contribution < 1.29 is 52.9 Å². The Hall–Kier alpha value is -4.10. The van der Waals surface area contributed by atoms with Gasteiger partial charge in [0.25, 0.3) is 0 Å². The van der Waals surface area contributed by atoms with Crippen molar-refractivity contribution in [1.29, 1.82) is 0 Å². The minimum absolute atomic E-state index is 0.0115. The minimum atomic E-state index is -0.417. The zero-order chi connectivity index (χ0) is 71.6. The molecule has 8 atom stereocenters. The first-order chi connectivity index (χ1) is 42.2. The standard InChI is InChI=1S/C11H23NO2.C11H23NO.C10H11NO2.C8H15NO2.C7H15NO.C7H16.C5H10O.C4H10.C3H7NO.C3H8.C2H6.CH4O/c1-6-9(2)11(12(3)4)10(14-5)7-8-13;1-8(2)11(13-5)10-7-6-9(3)12(10)4;12-7-10(11-8-13)6-9-4-2-1-3-5-9;1-9(8-11)6-4-2-3-5-7-10;1-6(2)7(5-9)8(3)4;1-4-5-6-7(2)3;1-5(2)3-4-6;1-3-4-2;1-4-2-3-5;1-3-2;2*1-2/h8-11H,6-7H2,1-5H3;8-11H,6-7H2,1-5H3;1-5,7-8,10H,6H2,(H,11,13);7-8H,2-6H2,1H3;5-7H,1-4H3;7H,4-6H2,1-3H3;4-5H,3H2,1-2H3;3-4H2,1-2H3;3-4H,2H2,1H3;3H2,1-2H3;1-2H3;2H,1H3. The summed E-state index contributed by atoms with van der Waals surface area (Å²) in [6.45, 7) is 39.9. The molecule has 17 heteroatoms.